The van der Waals surface area contributed by atoms with E-state index in [1.807, 2.05) is 0 Å². The quantitative estimate of drug-likeness (QED) is 0.634. The normalized spacial score (nSPS) is 16.6. The predicted octanol–water partition coefficient (Wildman–Crippen LogP) is 3.84. The standard InChI is InChI=1S/C16H19ClFN3O3S2/c17-11-9-14(26(23,24)21-15-20-7-8-25-15)12(18)10-13(11)19-6-5-16(22)3-1-2-4-16/h7-10,19,22H,1-6H2,(H,20,21). The second-order valence-electron chi connectivity index (χ2n) is 6.31. The lowest BCUT2D eigenvalue weighted by molar-refractivity contribution is 0.0424. The number of aliphatic hydroxyl groups is 1. The third kappa shape index (κ3) is 4.46. The van der Waals surface area contributed by atoms with Crippen molar-refractivity contribution in [1.82, 2.24) is 4.98 Å². The average molecular weight is 420 g/mol. The third-order valence-electron chi connectivity index (χ3n) is 4.41. The number of anilines is 2. The smallest absolute Gasteiger partial charge is 0.266 e. The van der Waals surface area contributed by atoms with E-state index in [1.165, 1.54) is 6.20 Å². The number of halogens is 2. The highest BCUT2D eigenvalue weighted by atomic mass is 35.5. The molecule has 1 aromatic carbocycles. The Hall–Kier alpha value is -1.42. The van der Waals surface area contributed by atoms with E-state index >= 15 is 0 Å². The molecule has 1 saturated carbocycles. The van der Waals surface area contributed by atoms with E-state index in [9.17, 15) is 17.9 Å². The molecule has 3 rings (SSSR count). The van der Waals surface area contributed by atoms with Crippen LogP contribution in [0.4, 0.5) is 15.2 Å². The Morgan fingerprint density at radius 2 is 2.08 bits per heavy atom. The van der Waals surface area contributed by atoms with Gasteiger partial charge in [-0.2, -0.15) is 0 Å². The molecule has 0 bridgehead atoms. The summed E-state index contributed by atoms with van der Waals surface area (Å²) in [7, 11) is -4.13. The molecule has 10 heteroatoms. The molecular formula is C16H19ClFN3O3S2. The summed E-state index contributed by atoms with van der Waals surface area (Å²) in [6.45, 7) is 0.416. The Labute approximate surface area is 160 Å². The maximum absolute atomic E-state index is 14.4. The summed E-state index contributed by atoms with van der Waals surface area (Å²) in [6.07, 6.45) is 5.50. The lowest BCUT2D eigenvalue weighted by Gasteiger charge is -2.22. The minimum Gasteiger partial charge on any atom is -0.390 e. The summed E-state index contributed by atoms with van der Waals surface area (Å²) < 4.78 is 41.2. The molecule has 0 saturated heterocycles. The van der Waals surface area contributed by atoms with Crippen molar-refractivity contribution < 1.29 is 17.9 Å². The van der Waals surface area contributed by atoms with Crippen LogP contribution in [0.2, 0.25) is 5.02 Å². The van der Waals surface area contributed by atoms with Crippen molar-refractivity contribution in [2.75, 3.05) is 16.6 Å². The third-order valence-corrected chi connectivity index (χ3v) is 6.89. The second kappa shape index (κ2) is 7.67. The first-order valence-electron chi connectivity index (χ1n) is 8.17. The second-order valence-corrected chi connectivity index (χ2v) is 9.27. The highest BCUT2D eigenvalue weighted by Gasteiger charge is 2.30. The van der Waals surface area contributed by atoms with Gasteiger partial charge in [0.25, 0.3) is 10.0 Å². The molecule has 0 radical (unpaired) electrons. The zero-order chi connectivity index (χ0) is 18.8. The van der Waals surface area contributed by atoms with Gasteiger partial charge in [0.05, 0.1) is 16.3 Å². The zero-order valence-electron chi connectivity index (χ0n) is 13.8. The molecule has 1 aliphatic rings. The van der Waals surface area contributed by atoms with Crippen molar-refractivity contribution in [2.24, 2.45) is 0 Å². The average Bonchev–Trinajstić information content (AvgIpc) is 3.22. The van der Waals surface area contributed by atoms with Crippen LogP contribution in [-0.2, 0) is 10.0 Å². The van der Waals surface area contributed by atoms with E-state index in [4.69, 9.17) is 11.6 Å². The van der Waals surface area contributed by atoms with Gasteiger partial charge in [-0.15, -0.1) is 11.3 Å². The fourth-order valence-corrected chi connectivity index (χ4v) is 5.20. The minimum atomic E-state index is -4.13. The number of nitrogens with zero attached hydrogens (tertiary/aromatic N) is 1. The Bertz CT molecular complexity index is 869. The van der Waals surface area contributed by atoms with E-state index in [0.717, 1.165) is 49.2 Å². The van der Waals surface area contributed by atoms with Crippen LogP contribution in [0, 0.1) is 5.82 Å². The van der Waals surface area contributed by atoms with E-state index in [0.29, 0.717) is 18.7 Å². The van der Waals surface area contributed by atoms with E-state index in [1.54, 1.807) is 5.38 Å². The Morgan fingerprint density at radius 1 is 1.35 bits per heavy atom. The highest BCUT2D eigenvalue weighted by molar-refractivity contribution is 7.93. The highest BCUT2D eigenvalue weighted by Crippen LogP contribution is 2.33. The van der Waals surface area contributed by atoms with Crippen molar-refractivity contribution in [3.05, 3.63) is 34.5 Å². The number of rotatable bonds is 7. The number of hydrogen-bond acceptors (Lipinski definition) is 6. The number of nitrogens with one attached hydrogen (secondary N) is 2. The summed E-state index contributed by atoms with van der Waals surface area (Å²) in [4.78, 5) is 3.27. The van der Waals surface area contributed by atoms with Crippen LogP contribution in [0.1, 0.15) is 32.1 Å². The van der Waals surface area contributed by atoms with Gasteiger partial charge in [0, 0.05) is 18.1 Å². The van der Waals surface area contributed by atoms with Gasteiger partial charge >= 0.3 is 0 Å². The van der Waals surface area contributed by atoms with E-state index in [-0.39, 0.29) is 10.2 Å². The first-order chi connectivity index (χ1) is 12.3. The molecular weight excluding hydrogens is 401 g/mol. The van der Waals surface area contributed by atoms with Crippen LogP contribution in [-0.4, -0.2) is 30.7 Å². The maximum atomic E-state index is 14.4. The molecule has 0 aliphatic heterocycles. The Kier molecular flexibility index (Phi) is 5.71. The molecule has 3 N–H and O–H groups in total. The number of thiazole rings is 1. The van der Waals surface area contributed by atoms with Crippen molar-refractivity contribution in [3.63, 3.8) is 0 Å². The summed E-state index contributed by atoms with van der Waals surface area (Å²) >= 11 is 7.21. The summed E-state index contributed by atoms with van der Waals surface area (Å²) in [5, 5.41) is 15.1. The number of benzene rings is 1. The van der Waals surface area contributed by atoms with Crippen molar-refractivity contribution in [3.8, 4) is 0 Å². The monoisotopic (exact) mass is 419 g/mol. The molecule has 0 unspecified atom stereocenters. The summed E-state index contributed by atoms with van der Waals surface area (Å²) in [5.41, 5.74) is -0.391. The van der Waals surface area contributed by atoms with Gasteiger partial charge in [-0.05, 0) is 31.4 Å². The molecule has 0 amide bonds. The zero-order valence-corrected chi connectivity index (χ0v) is 16.2. The SMILES string of the molecule is O=S(=O)(Nc1nccs1)c1cc(Cl)c(NCCC2(O)CCCC2)cc1F. The number of hydrogen-bond donors (Lipinski definition) is 3. The van der Waals surface area contributed by atoms with Crippen molar-refractivity contribution in [2.45, 2.75) is 42.6 Å². The van der Waals surface area contributed by atoms with Crippen LogP contribution in [0.15, 0.2) is 28.6 Å². The fourth-order valence-electron chi connectivity index (χ4n) is 3.03. The predicted molar refractivity (Wildman–Crippen MR) is 101 cm³/mol. The topological polar surface area (TPSA) is 91.3 Å². The fraction of sp³-hybridized carbons (Fsp3) is 0.438. The first-order valence-corrected chi connectivity index (χ1v) is 10.9. The molecule has 1 heterocycles. The van der Waals surface area contributed by atoms with Gasteiger partial charge in [0.15, 0.2) is 5.13 Å². The molecule has 142 valence electrons. The van der Waals surface area contributed by atoms with Crippen molar-refractivity contribution >= 4 is 43.8 Å². The molecule has 1 aromatic heterocycles. The van der Waals surface area contributed by atoms with Gasteiger partial charge in [-0.25, -0.2) is 17.8 Å². The van der Waals surface area contributed by atoms with Crippen molar-refractivity contribution in [1.29, 1.82) is 0 Å². The molecule has 0 atom stereocenters. The largest absolute Gasteiger partial charge is 0.390 e. The van der Waals surface area contributed by atoms with Crippen LogP contribution in [0.3, 0.4) is 0 Å². The summed E-state index contributed by atoms with van der Waals surface area (Å²) in [5.74, 6) is -0.916. The molecule has 26 heavy (non-hydrogen) atoms. The molecule has 6 nitrogen and oxygen atoms in total. The molecule has 1 aliphatic carbocycles. The maximum Gasteiger partial charge on any atom is 0.266 e. The molecule has 1 fully saturated rings. The van der Waals surface area contributed by atoms with Gasteiger partial charge in [-0.3, -0.25) is 4.72 Å². The van der Waals surface area contributed by atoms with Crippen LogP contribution < -0.4 is 10.0 Å². The molecule has 2 aromatic rings. The van der Waals surface area contributed by atoms with Gasteiger partial charge < -0.3 is 10.4 Å². The number of aromatic nitrogens is 1. The summed E-state index contributed by atoms with van der Waals surface area (Å²) in [6, 6.07) is 2.12. The Morgan fingerprint density at radius 3 is 2.73 bits per heavy atom. The van der Waals surface area contributed by atoms with Gasteiger partial charge in [0.2, 0.25) is 0 Å². The van der Waals surface area contributed by atoms with Crippen LogP contribution in [0.25, 0.3) is 0 Å². The van der Waals surface area contributed by atoms with E-state index in [2.05, 4.69) is 15.0 Å². The van der Waals surface area contributed by atoms with Crippen LogP contribution >= 0.6 is 22.9 Å². The van der Waals surface area contributed by atoms with Crippen LogP contribution in [0.5, 0.6) is 0 Å². The lowest BCUT2D eigenvalue weighted by atomic mass is 9.98. The first kappa shape index (κ1) is 19.3. The minimum absolute atomic E-state index is 0.0873. The lowest BCUT2D eigenvalue weighted by Crippen LogP contribution is -2.27. The van der Waals surface area contributed by atoms with Gasteiger partial charge in [0.1, 0.15) is 10.7 Å². The van der Waals surface area contributed by atoms with E-state index < -0.39 is 26.3 Å². The Balaban J connectivity index is 1.71. The number of sulfonamides is 1. The molecule has 0 spiro atoms. The van der Waals surface area contributed by atoms with Gasteiger partial charge in [-0.1, -0.05) is 24.4 Å².